The van der Waals surface area contributed by atoms with Gasteiger partial charge in [-0.05, 0) is 37.8 Å². The first-order valence-electron chi connectivity index (χ1n) is 7.26. The smallest absolute Gasteiger partial charge is 0.232 e. The fourth-order valence-electron chi connectivity index (χ4n) is 2.66. The summed E-state index contributed by atoms with van der Waals surface area (Å²) in [5.74, 6) is 1.51. The largest absolute Gasteiger partial charge is 0.476 e. The molecule has 0 bridgehead atoms. The standard InChI is InChI=1S/C15H19ClN2O2/c16-13-4-1-7-17-14(13)20-10-11-3-2-8-18(9-11)15(19)12-5-6-12/h1,4,7,11-12H,2-3,5-6,8-10H2. The van der Waals surface area contributed by atoms with Crippen molar-refractivity contribution in [3.8, 4) is 5.88 Å². The summed E-state index contributed by atoms with van der Waals surface area (Å²) in [6, 6.07) is 3.56. The van der Waals surface area contributed by atoms with Gasteiger partial charge in [-0.25, -0.2) is 4.98 Å². The van der Waals surface area contributed by atoms with E-state index in [0.717, 1.165) is 38.8 Å². The third-order valence-electron chi connectivity index (χ3n) is 3.94. The first-order valence-corrected chi connectivity index (χ1v) is 7.64. The molecule has 1 saturated heterocycles. The van der Waals surface area contributed by atoms with Crippen LogP contribution in [0.25, 0.3) is 0 Å². The summed E-state index contributed by atoms with van der Waals surface area (Å²) in [5, 5.41) is 0.536. The highest BCUT2D eigenvalue weighted by Gasteiger charge is 2.35. The number of halogens is 1. The molecule has 0 N–H and O–H groups in total. The van der Waals surface area contributed by atoms with Crippen LogP contribution in [0.3, 0.4) is 0 Å². The van der Waals surface area contributed by atoms with Crippen molar-refractivity contribution in [3.05, 3.63) is 23.4 Å². The highest BCUT2D eigenvalue weighted by molar-refractivity contribution is 6.31. The number of amides is 1. The number of pyridine rings is 1. The second kappa shape index (κ2) is 6.00. The predicted octanol–water partition coefficient (Wildman–Crippen LogP) is 2.76. The summed E-state index contributed by atoms with van der Waals surface area (Å²) in [5.41, 5.74) is 0. The van der Waals surface area contributed by atoms with Crippen LogP contribution in [0, 0.1) is 11.8 Å². The van der Waals surface area contributed by atoms with Gasteiger partial charge in [-0.3, -0.25) is 4.79 Å². The number of ether oxygens (including phenoxy) is 1. The van der Waals surface area contributed by atoms with E-state index in [0.29, 0.717) is 35.3 Å². The van der Waals surface area contributed by atoms with Gasteiger partial charge in [-0.1, -0.05) is 11.6 Å². The van der Waals surface area contributed by atoms with E-state index in [-0.39, 0.29) is 0 Å². The summed E-state index contributed by atoms with van der Waals surface area (Å²) in [4.78, 5) is 18.2. The molecule has 1 atom stereocenters. The van der Waals surface area contributed by atoms with Gasteiger partial charge in [-0.15, -0.1) is 0 Å². The monoisotopic (exact) mass is 294 g/mol. The molecular weight excluding hydrogens is 276 g/mol. The SMILES string of the molecule is O=C(C1CC1)N1CCCC(COc2ncccc2Cl)C1. The van der Waals surface area contributed by atoms with E-state index in [9.17, 15) is 4.79 Å². The second-order valence-corrected chi connectivity index (χ2v) is 6.08. The summed E-state index contributed by atoms with van der Waals surface area (Å²) in [6.07, 6.45) is 5.96. The minimum atomic E-state index is 0.305. The van der Waals surface area contributed by atoms with E-state index in [1.165, 1.54) is 0 Å². The van der Waals surface area contributed by atoms with Crippen LogP contribution in [0.2, 0.25) is 5.02 Å². The molecule has 3 rings (SSSR count). The molecule has 1 aromatic heterocycles. The maximum atomic E-state index is 12.1. The third kappa shape index (κ3) is 3.23. The van der Waals surface area contributed by atoms with Gasteiger partial charge in [0.15, 0.2) is 0 Å². The maximum Gasteiger partial charge on any atom is 0.232 e. The molecule has 1 unspecified atom stereocenters. The Morgan fingerprint density at radius 3 is 3.05 bits per heavy atom. The van der Waals surface area contributed by atoms with Crippen LogP contribution in [0.5, 0.6) is 5.88 Å². The number of hydrogen-bond donors (Lipinski definition) is 0. The number of carbonyl (C=O) groups excluding carboxylic acids is 1. The number of aromatic nitrogens is 1. The Bertz CT molecular complexity index is 491. The number of nitrogens with zero attached hydrogens (tertiary/aromatic N) is 2. The average Bonchev–Trinajstić information content (AvgIpc) is 3.31. The number of hydrogen-bond acceptors (Lipinski definition) is 3. The van der Waals surface area contributed by atoms with Gasteiger partial charge in [0.25, 0.3) is 0 Å². The lowest BCUT2D eigenvalue weighted by molar-refractivity contribution is -0.134. The zero-order valence-electron chi connectivity index (χ0n) is 11.4. The van der Waals surface area contributed by atoms with Crippen molar-refractivity contribution in [1.82, 2.24) is 9.88 Å². The molecule has 1 saturated carbocycles. The predicted molar refractivity (Wildman–Crippen MR) is 76.8 cm³/mol. The highest BCUT2D eigenvalue weighted by Crippen LogP contribution is 2.32. The normalized spacial score (nSPS) is 22.6. The zero-order valence-corrected chi connectivity index (χ0v) is 12.2. The topological polar surface area (TPSA) is 42.4 Å². The van der Waals surface area contributed by atoms with Crippen LogP contribution in [0.1, 0.15) is 25.7 Å². The Kier molecular flexibility index (Phi) is 4.10. The molecular formula is C15H19ClN2O2. The quantitative estimate of drug-likeness (QED) is 0.857. The van der Waals surface area contributed by atoms with E-state index in [2.05, 4.69) is 4.98 Å². The maximum absolute atomic E-state index is 12.1. The van der Waals surface area contributed by atoms with Crippen molar-refractivity contribution < 1.29 is 9.53 Å². The Morgan fingerprint density at radius 1 is 1.45 bits per heavy atom. The van der Waals surface area contributed by atoms with Gasteiger partial charge in [0.1, 0.15) is 5.02 Å². The van der Waals surface area contributed by atoms with Crippen molar-refractivity contribution >= 4 is 17.5 Å². The molecule has 108 valence electrons. The van der Waals surface area contributed by atoms with Crippen molar-refractivity contribution in [3.63, 3.8) is 0 Å². The molecule has 20 heavy (non-hydrogen) atoms. The lowest BCUT2D eigenvalue weighted by Crippen LogP contribution is -2.42. The van der Waals surface area contributed by atoms with E-state index < -0.39 is 0 Å². The van der Waals surface area contributed by atoms with E-state index >= 15 is 0 Å². The van der Waals surface area contributed by atoms with Crippen molar-refractivity contribution in [2.75, 3.05) is 19.7 Å². The minimum absolute atomic E-state index is 0.305. The number of likely N-dealkylation sites (tertiary alicyclic amines) is 1. The van der Waals surface area contributed by atoms with E-state index in [4.69, 9.17) is 16.3 Å². The van der Waals surface area contributed by atoms with Crippen LogP contribution in [-0.4, -0.2) is 35.5 Å². The van der Waals surface area contributed by atoms with Crippen LogP contribution >= 0.6 is 11.6 Å². The third-order valence-corrected chi connectivity index (χ3v) is 4.23. The summed E-state index contributed by atoms with van der Waals surface area (Å²) >= 11 is 6.02. The van der Waals surface area contributed by atoms with Crippen LogP contribution in [0.15, 0.2) is 18.3 Å². The van der Waals surface area contributed by atoms with Crippen molar-refractivity contribution in [1.29, 1.82) is 0 Å². The number of piperidine rings is 1. The first-order chi connectivity index (χ1) is 9.74. The molecule has 1 aliphatic heterocycles. The molecule has 1 amide bonds. The number of rotatable bonds is 4. The molecule has 1 aromatic rings. The number of carbonyl (C=O) groups is 1. The highest BCUT2D eigenvalue weighted by atomic mass is 35.5. The van der Waals surface area contributed by atoms with Gasteiger partial charge in [0, 0.05) is 31.1 Å². The van der Waals surface area contributed by atoms with Crippen LogP contribution < -0.4 is 4.74 Å². The molecule has 0 aromatic carbocycles. The van der Waals surface area contributed by atoms with Gasteiger partial charge in [0.05, 0.1) is 6.61 Å². The van der Waals surface area contributed by atoms with Crippen LogP contribution in [0.4, 0.5) is 0 Å². The molecule has 2 aliphatic rings. The molecule has 0 radical (unpaired) electrons. The molecule has 0 spiro atoms. The van der Waals surface area contributed by atoms with Gasteiger partial charge in [0.2, 0.25) is 11.8 Å². The van der Waals surface area contributed by atoms with Crippen molar-refractivity contribution in [2.45, 2.75) is 25.7 Å². The molecule has 1 aliphatic carbocycles. The lowest BCUT2D eigenvalue weighted by Gasteiger charge is -2.32. The van der Waals surface area contributed by atoms with Crippen molar-refractivity contribution in [2.24, 2.45) is 11.8 Å². The Balaban J connectivity index is 1.52. The summed E-state index contributed by atoms with van der Waals surface area (Å²) < 4.78 is 5.70. The molecule has 2 fully saturated rings. The lowest BCUT2D eigenvalue weighted by atomic mass is 9.98. The molecule has 4 nitrogen and oxygen atoms in total. The Labute approximate surface area is 124 Å². The zero-order chi connectivity index (χ0) is 13.9. The first kappa shape index (κ1) is 13.7. The van der Waals surface area contributed by atoms with Gasteiger partial charge in [-0.2, -0.15) is 0 Å². The van der Waals surface area contributed by atoms with Gasteiger partial charge >= 0.3 is 0 Å². The summed E-state index contributed by atoms with van der Waals surface area (Å²) in [6.45, 7) is 2.28. The summed E-state index contributed by atoms with van der Waals surface area (Å²) in [7, 11) is 0. The Hall–Kier alpha value is -1.29. The minimum Gasteiger partial charge on any atom is -0.476 e. The van der Waals surface area contributed by atoms with E-state index in [1.54, 1.807) is 18.3 Å². The van der Waals surface area contributed by atoms with Crippen LogP contribution in [-0.2, 0) is 4.79 Å². The average molecular weight is 295 g/mol. The molecule has 5 heteroatoms. The fraction of sp³-hybridized carbons (Fsp3) is 0.600. The van der Waals surface area contributed by atoms with Gasteiger partial charge < -0.3 is 9.64 Å². The Morgan fingerprint density at radius 2 is 2.30 bits per heavy atom. The molecule has 2 heterocycles. The fourth-order valence-corrected chi connectivity index (χ4v) is 2.84. The second-order valence-electron chi connectivity index (χ2n) is 5.67. The van der Waals surface area contributed by atoms with E-state index in [1.807, 2.05) is 4.90 Å².